The minimum Gasteiger partial charge on any atom is -0.345 e. The predicted octanol–water partition coefficient (Wildman–Crippen LogP) is 2.00. The van der Waals surface area contributed by atoms with Crippen molar-refractivity contribution in [3.8, 4) is 0 Å². The summed E-state index contributed by atoms with van der Waals surface area (Å²) in [6.07, 6.45) is -4.46. The molecule has 0 aromatic heterocycles. The van der Waals surface area contributed by atoms with E-state index in [0.717, 1.165) is 12.1 Å². The smallest absolute Gasteiger partial charge is 0.345 e. The Kier molecular flexibility index (Phi) is 6.01. The summed E-state index contributed by atoms with van der Waals surface area (Å²) in [5.74, 6) is -1.19. The van der Waals surface area contributed by atoms with Gasteiger partial charge in [-0.1, -0.05) is 0 Å². The van der Waals surface area contributed by atoms with Crippen molar-refractivity contribution in [2.75, 3.05) is 18.9 Å². The third kappa shape index (κ3) is 4.59. The van der Waals surface area contributed by atoms with Crippen molar-refractivity contribution < 1.29 is 22.8 Å². The summed E-state index contributed by atoms with van der Waals surface area (Å²) in [7, 11) is 1.58. The lowest BCUT2D eigenvalue weighted by Gasteiger charge is -2.14. The topological polar surface area (TPSA) is 75.4 Å². The summed E-state index contributed by atoms with van der Waals surface area (Å²) in [4.78, 5) is 24.9. The maximum atomic E-state index is 12.8. The zero-order chi connectivity index (χ0) is 16.5. The average molecular weight is 352 g/mol. The van der Waals surface area contributed by atoms with E-state index in [9.17, 15) is 22.8 Å². The number of nitrogens with zero attached hydrogens (tertiary/aromatic N) is 1. The van der Waals surface area contributed by atoms with Gasteiger partial charge in [0.25, 0.3) is 0 Å². The van der Waals surface area contributed by atoms with E-state index >= 15 is 0 Å². The quantitative estimate of drug-likeness (QED) is 0.874. The van der Waals surface area contributed by atoms with E-state index in [1.165, 1.54) is 11.0 Å². The molecule has 0 radical (unpaired) electrons. The summed E-state index contributed by atoms with van der Waals surface area (Å²) < 4.78 is 38.5. The Morgan fingerprint density at radius 3 is 2.52 bits per heavy atom. The molecule has 5 nitrogen and oxygen atoms in total. The number of anilines is 1. The number of amides is 2. The second-order valence-electron chi connectivity index (χ2n) is 5.29. The molecule has 0 aliphatic carbocycles. The van der Waals surface area contributed by atoms with Crippen LogP contribution in [0, 0.1) is 5.92 Å². The fraction of sp³-hybridized carbons (Fsp3) is 0.429. The molecule has 1 saturated heterocycles. The fourth-order valence-corrected chi connectivity index (χ4v) is 2.33. The molecule has 9 heteroatoms. The van der Waals surface area contributed by atoms with Crippen LogP contribution in [-0.2, 0) is 22.3 Å². The molecule has 1 fully saturated rings. The van der Waals surface area contributed by atoms with E-state index in [4.69, 9.17) is 5.73 Å². The standard InChI is InChI=1S/C14H16F3N3O2.ClH/c1-20-7-9(4-12(20)21)13(22)19-11-3-8(6-18)2-10(5-11)14(15,16)17;/h2-3,5,9H,4,6-7,18H2,1H3,(H,19,22);1H. The molecule has 23 heavy (non-hydrogen) atoms. The number of carbonyl (C=O) groups is 2. The minimum absolute atomic E-state index is 0. The molecule has 1 aromatic carbocycles. The van der Waals surface area contributed by atoms with E-state index in [0.29, 0.717) is 0 Å². The van der Waals surface area contributed by atoms with Crippen LogP contribution in [0.4, 0.5) is 18.9 Å². The molecule has 2 rings (SSSR count). The van der Waals surface area contributed by atoms with Crippen LogP contribution >= 0.6 is 12.4 Å². The van der Waals surface area contributed by atoms with Crippen LogP contribution in [0.3, 0.4) is 0 Å². The van der Waals surface area contributed by atoms with Crippen molar-refractivity contribution in [3.05, 3.63) is 29.3 Å². The lowest BCUT2D eigenvalue weighted by Crippen LogP contribution is -2.26. The van der Waals surface area contributed by atoms with Gasteiger partial charge in [-0.15, -0.1) is 12.4 Å². The maximum Gasteiger partial charge on any atom is 0.416 e. The fourth-order valence-electron chi connectivity index (χ4n) is 2.33. The molecule has 128 valence electrons. The van der Waals surface area contributed by atoms with Gasteiger partial charge in [0.05, 0.1) is 11.5 Å². The van der Waals surface area contributed by atoms with Crippen LogP contribution in [0.5, 0.6) is 0 Å². The van der Waals surface area contributed by atoms with Gasteiger partial charge in [0, 0.05) is 32.2 Å². The number of benzene rings is 1. The first-order valence-corrected chi connectivity index (χ1v) is 6.66. The molecule has 1 atom stereocenters. The summed E-state index contributed by atoms with van der Waals surface area (Å²) in [6.45, 7) is 0.185. The number of nitrogens with two attached hydrogens (primary N) is 1. The normalized spacial score (nSPS) is 17.9. The first-order valence-electron chi connectivity index (χ1n) is 6.66. The van der Waals surface area contributed by atoms with E-state index in [1.807, 2.05) is 0 Å². The Morgan fingerprint density at radius 2 is 2.04 bits per heavy atom. The second kappa shape index (κ2) is 7.18. The van der Waals surface area contributed by atoms with Crippen LogP contribution in [0.1, 0.15) is 17.5 Å². The van der Waals surface area contributed by atoms with Crippen LogP contribution < -0.4 is 11.1 Å². The van der Waals surface area contributed by atoms with E-state index in [1.54, 1.807) is 7.05 Å². The van der Waals surface area contributed by atoms with E-state index in [2.05, 4.69) is 5.32 Å². The maximum absolute atomic E-state index is 12.8. The van der Waals surface area contributed by atoms with Gasteiger partial charge in [0.15, 0.2) is 0 Å². The van der Waals surface area contributed by atoms with Gasteiger partial charge in [-0.25, -0.2) is 0 Å². The number of rotatable bonds is 3. The molecule has 1 aliphatic heterocycles. The Labute approximate surface area is 137 Å². The highest BCUT2D eigenvalue weighted by Crippen LogP contribution is 2.32. The number of halogens is 4. The molecule has 1 heterocycles. The van der Waals surface area contributed by atoms with Crippen molar-refractivity contribution in [2.24, 2.45) is 11.7 Å². The third-order valence-corrected chi connectivity index (χ3v) is 3.54. The molecule has 1 aromatic rings. The third-order valence-electron chi connectivity index (χ3n) is 3.54. The van der Waals surface area contributed by atoms with Gasteiger partial charge in [-0.3, -0.25) is 9.59 Å². The largest absolute Gasteiger partial charge is 0.416 e. The molecule has 2 amide bonds. The lowest BCUT2D eigenvalue weighted by atomic mass is 10.1. The Hall–Kier alpha value is -1.80. The molecular weight excluding hydrogens is 335 g/mol. The molecular formula is C14H17ClF3N3O2. The van der Waals surface area contributed by atoms with E-state index in [-0.39, 0.29) is 49.1 Å². The highest BCUT2D eigenvalue weighted by Gasteiger charge is 2.33. The number of alkyl halides is 3. The van der Waals surface area contributed by atoms with Crippen LogP contribution in [-0.4, -0.2) is 30.3 Å². The predicted molar refractivity (Wildman–Crippen MR) is 81.0 cm³/mol. The Bertz CT molecular complexity index is 607. The van der Waals surface area contributed by atoms with Gasteiger partial charge in [0.2, 0.25) is 11.8 Å². The monoisotopic (exact) mass is 351 g/mol. The van der Waals surface area contributed by atoms with Crippen molar-refractivity contribution in [2.45, 2.75) is 19.1 Å². The summed E-state index contributed by atoms with van der Waals surface area (Å²) in [5.41, 5.74) is 4.82. The number of nitrogens with one attached hydrogen (secondary N) is 1. The number of carbonyl (C=O) groups excluding carboxylic acids is 2. The van der Waals surface area contributed by atoms with Gasteiger partial charge in [-0.05, 0) is 23.8 Å². The van der Waals surface area contributed by atoms with E-state index < -0.39 is 23.6 Å². The van der Waals surface area contributed by atoms with Crippen LogP contribution in [0.25, 0.3) is 0 Å². The molecule has 1 unspecified atom stereocenters. The second-order valence-corrected chi connectivity index (χ2v) is 5.29. The highest BCUT2D eigenvalue weighted by molar-refractivity contribution is 5.97. The minimum atomic E-state index is -4.52. The lowest BCUT2D eigenvalue weighted by molar-refractivity contribution is -0.137. The first kappa shape index (κ1) is 19.2. The molecule has 3 N–H and O–H groups in total. The van der Waals surface area contributed by atoms with Gasteiger partial charge < -0.3 is 16.0 Å². The first-order chi connectivity index (χ1) is 10.2. The average Bonchev–Trinajstić information content (AvgIpc) is 2.77. The number of likely N-dealkylation sites (tertiary alicyclic amines) is 1. The number of hydrogen-bond donors (Lipinski definition) is 2. The van der Waals surface area contributed by atoms with Crippen LogP contribution in [0.15, 0.2) is 18.2 Å². The summed E-state index contributed by atoms with van der Waals surface area (Å²) in [6, 6.07) is 3.20. The summed E-state index contributed by atoms with van der Waals surface area (Å²) in [5, 5.41) is 2.44. The summed E-state index contributed by atoms with van der Waals surface area (Å²) >= 11 is 0. The SMILES string of the molecule is CN1CC(C(=O)Nc2cc(CN)cc(C(F)(F)F)c2)CC1=O.Cl. The zero-order valence-corrected chi connectivity index (χ0v) is 13.1. The molecule has 1 aliphatic rings. The molecule has 0 saturated carbocycles. The Balaban J connectivity index is 0.00000264. The molecule has 0 bridgehead atoms. The molecule has 0 spiro atoms. The van der Waals surface area contributed by atoms with Crippen molar-refractivity contribution in [1.82, 2.24) is 4.90 Å². The van der Waals surface area contributed by atoms with Crippen molar-refractivity contribution >= 4 is 29.9 Å². The Morgan fingerprint density at radius 1 is 1.39 bits per heavy atom. The van der Waals surface area contributed by atoms with Crippen LogP contribution in [0.2, 0.25) is 0 Å². The van der Waals surface area contributed by atoms with Gasteiger partial charge >= 0.3 is 6.18 Å². The van der Waals surface area contributed by atoms with Gasteiger partial charge in [0.1, 0.15) is 0 Å². The van der Waals surface area contributed by atoms with Crippen molar-refractivity contribution in [1.29, 1.82) is 0 Å². The highest BCUT2D eigenvalue weighted by atomic mass is 35.5. The van der Waals surface area contributed by atoms with Crippen molar-refractivity contribution in [3.63, 3.8) is 0 Å². The van der Waals surface area contributed by atoms with Gasteiger partial charge in [-0.2, -0.15) is 13.2 Å². The number of hydrogen-bond acceptors (Lipinski definition) is 3. The zero-order valence-electron chi connectivity index (χ0n) is 12.3.